The van der Waals surface area contributed by atoms with Gasteiger partial charge in [-0.15, -0.1) is 0 Å². The van der Waals surface area contributed by atoms with Crippen LogP contribution in [-0.2, 0) is 11.3 Å². The number of rotatable bonds is 6. The van der Waals surface area contributed by atoms with Gasteiger partial charge < -0.3 is 10.1 Å². The molecular weight excluding hydrogens is 264 g/mol. The summed E-state index contributed by atoms with van der Waals surface area (Å²) < 4.78 is 53.2. The molecule has 104 valence electrons. The third-order valence-corrected chi connectivity index (χ3v) is 2.20. The van der Waals surface area contributed by atoms with Gasteiger partial charge in [-0.05, 0) is 6.07 Å². The number of ether oxygens (including phenoxy) is 1. The highest BCUT2D eigenvalue weighted by Gasteiger charge is 2.27. The zero-order valence-electron chi connectivity index (χ0n) is 9.93. The Labute approximate surface area is 107 Å². The highest BCUT2D eigenvalue weighted by Crippen LogP contribution is 2.14. The van der Waals surface area contributed by atoms with E-state index < -0.39 is 18.6 Å². The molecule has 0 aromatic heterocycles. The van der Waals surface area contributed by atoms with E-state index in [0.717, 1.165) is 0 Å². The SMILES string of the molecule is N#Cc1cccc(CNCCOCC(F)(F)F)c1F. The number of halogens is 4. The first-order valence-electron chi connectivity index (χ1n) is 5.47. The zero-order chi connectivity index (χ0) is 14.3. The summed E-state index contributed by atoms with van der Waals surface area (Å²) in [6.07, 6.45) is -4.34. The van der Waals surface area contributed by atoms with Gasteiger partial charge in [-0.25, -0.2) is 4.39 Å². The summed E-state index contributed by atoms with van der Waals surface area (Å²) in [7, 11) is 0. The lowest BCUT2D eigenvalue weighted by Crippen LogP contribution is -2.24. The minimum Gasteiger partial charge on any atom is -0.371 e. The summed E-state index contributed by atoms with van der Waals surface area (Å²) in [5, 5.41) is 11.4. The largest absolute Gasteiger partial charge is 0.411 e. The predicted octanol–water partition coefficient (Wildman–Crippen LogP) is 2.37. The molecule has 0 aliphatic rings. The van der Waals surface area contributed by atoms with E-state index in [4.69, 9.17) is 5.26 Å². The number of alkyl halides is 3. The number of hydrogen-bond donors (Lipinski definition) is 1. The van der Waals surface area contributed by atoms with Crippen molar-refractivity contribution < 1.29 is 22.3 Å². The number of nitrogens with zero attached hydrogens (tertiary/aromatic N) is 1. The molecule has 1 aromatic rings. The molecule has 1 aromatic carbocycles. The molecule has 0 atom stereocenters. The maximum atomic E-state index is 13.6. The van der Waals surface area contributed by atoms with Crippen molar-refractivity contribution in [3.05, 3.63) is 35.1 Å². The predicted molar refractivity (Wildman–Crippen MR) is 59.7 cm³/mol. The lowest BCUT2D eigenvalue weighted by molar-refractivity contribution is -0.173. The summed E-state index contributed by atoms with van der Waals surface area (Å²) in [5.74, 6) is -0.617. The van der Waals surface area contributed by atoms with E-state index in [0.29, 0.717) is 0 Å². The van der Waals surface area contributed by atoms with Crippen molar-refractivity contribution in [3.63, 3.8) is 0 Å². The summed E-state index contributed by atoms with van der Waals surface area (Å²) >= 11 is 0. The lowest BCUT2D eigenvalue weighted by Gasteiger charge is -2.09. The van der Waals surface area contributed by atoms with Gasteiger partial charge in [0.05, 0.1) is 12.2 Å². The first-order chi connectivity index (χ1) is 8.94. The average Bonchev–Trinajstić information content (AvgIpc) is 2.34. The van der Waals surface area contributed by atoms with Crippen LogP contribution in [0.15, 0.2) is 18.2 Å². The second-order valence-corrected chi connectivity index (χ2v) is 3.74. The molecule has 1 rings (SSSR count). The summed E-state index contributed by atoms with van der Waals surface area (Å²) in [5.41, 5.74) is 0.225. The molecule has 1 N–H and O–H groups in total. The molecule has 19 heavy (non-hydrogen) atoms. The fourth-order valence-electron chi connectivity index (χ4n) is 1.36. The molecule has 0 heterocycles. The molecule has 0 fully saturated rings. The second kappa shape index (κ2) is 7.07. The van der Waals surface area contributed by atoms with E-state index in [2.05, 4.69) is 10.1 Å². The van der Waals surface area contributed by atoms with Crippen molar-refractivity contribution in [2.24, 2.45) is 0 Å². The molecule has 7 heteroatoms. The highest BCUT2D eigenvalue weighted by molar-refractivity contribution is 5.34. The van der Waals surface area contributed by atoms with Crippen LogP contribution < -0.4 is 5.32 Å². The molecule has 0 amide bonds. The normalized spacial score (nSPS) is 11.3. The highest BCUT2D eigenvalue weighted by atomic mass is 19.4. The summed E-state index contributed by atoms with van der Waals surface area (Å²) in [6.45, 7) is -1.14. The Kier molecular flexibility index (Phi) is 5.73. The Balaban J connectivity index is 2.29. The van der Waals surface area contributed by atoms with Gasteiger partial charge in [-0.2, -0.15) is 18.4 Å². The fourth-order valence-corrected chi connectivity index (χ4v) is 1.36. The van der Waals surface area contributed by atoms with E-state index in [1.807, 2.05) is 0 Å². The number of benzene rings is 1. The molecule has 0 spiro atoms. The quantitative estimate of drug-likeness (QED) is 0.641. The summed E-state index contributed by atoms with van der Waals surface area (Å²) in [6, 6.07) is 6.10. The zero-order valence-corrected chi connectivity index (χ0v) is 9.93. The smallest absolute Gasteiger partial charge is 0.371 e. The molecule has 0 bridgehead atoms. The van der Waals surface area contributed by atoms with E-state index in [9.17, 15) is 17.6 Å². The Hall–Kier alpha value is -1.65. The van der Waals surface area contributed by atoms with Gasteiger partial charge >= 0.3 is 6.18 Å². The van der Waals surface area contributed by atoms with E-state index in [1.54, 1.807) is 12.1 Å². The van der Waals surface area contributed by atoms with Crippen molar-refractivity contribution in [1.82, 2.24) is 5.32 Å². The molecule has 0 saturated heterocycles. The Morgan fingerprint density at radius 3 is 2.68 bits per heavy atom. The van der Waals surface area contributed by atoms with Crippen LogP contribution in [0, 0.1) is 17.1 Å². The van der Waals surface area contributed by atoms with Crippen LogP contribution >= 0.6 is 0 Å². The lowest BCUT2D eigenvalue weighted by atomic mass is 10.1. The van der Waals surface area contributed by atoms with Crippen molar-refractivity contribution in [2.45, 2.75) is 12.7 Å². The van der Waals surface area contributed by atoms with Crippen LogP contribution in [0.1, 0.15) is 11.1 Å². The standard InChI is InChI=1S/C12H12F4N2O/c13-11-9(6-17)2-1-3-10(11)7-18-4-5-19-8-12(14,15)16/h1-3,18H,4-5,7-8H2. The Morgan fingerprint density at radius 2 is 2.05 bits per heavy atom. The van der Waals surface area contributed by atoms with Gasteiger partial charge in [0.15, 0.2) is 0 Å². The number of hydrogen-bond acceptors (Lipinski definition) is 3. The first-order valence-corrected chi connectivity index (χ1v) is 5.47. The van der Waals surface area contributed by atoms with Crippen LogP contribution in [0.3, 0.4) is 0 Å². The average molecular weight is 276 g/mol. The van der Waals surface area contributed by atoms with Gasteiger partial charge in [0.1, 0.15) is 18.5 Å². The first kappa shape index (κ1) is 15.4. The van der Waals surface area contributed by atoms with Gasteiger partial charge in [0, 0.05) is 18.7 Å². The van der Waals surface area contributed by atoms with Crippen LogP contribution in [0.2, 0.25) is 0 Å². The molecule has 0 radical (unpaired) electrons. The molecule has 0 aliphatic heterocycles. The summed E-state index contributed by atoms with van der Waals surface area (Å²) in [4.78, 5) is 0. The Bertz CT molecular complexity index is 454. The fraction of sp³-hybridized carbons (Fsp3) is 0.417. The maximum Gasteiger partial charge on any atom is 0.411 e. The third-order valence-electron chi connectivity index (χ3n) is 2.20. The van der Waals surface area contributed by atoms with Crippen LogP contribution in [0.5, 0.6) is 0 Å². The van der Waals surface area contributed by atoms with E-state index >= 15 is 0 Å². The van der Waals surface area contributed by atoms with Crippen molar-refractivity contribution in [1.29, 1.82) is 5.26 Å². The molecular formula is C12H12F4N2O. The topological polar surface area (TPSA) is 45.0 Å². The van der Waals surface area contributed by atoms with Crippen LogP contribution in [0.4, 0.5) is 17.6 Å². The van der Waals surface area contributed by atoms with Crippen molar-refractivity contribution in [2.75, 3.05) is 19.8 Å². The van der Waals surface area contributed by atoms with Gasteiger partial charge in [-0.1, -0.05) is 12.1 Å². The van der Waals surface area contributed by atoms with Crippen molar-refractivity contribution >= 4 is 0 Å². The third kappa shape index (κ3) is 5.68. The van der Waals surface area contributed by atoms with Crippen LogP contribution in [-0.4, -0.2) is 25.9 Å². The van der Waals surface area contributed by atoms with Crippen LogP contribution in [0.25, 0.3) is 0 Å². The molecule has 3 nitrogen and oxygen atoms in total. The molecule has 0 unspecified atom stereocenters. The van der Waals surface area contributed by atoms with Gasteiger partial charge in [-0.3, -0.25) is 0 Å². The number of nitriles is 1. The monoisotopic (exact) mass is 276 g/mol. The van der Waals surface area contributed by atoms with E-state index in [1.165, 1.54) is 12.1 Å². The van der Waals surface area contributed by atoms with E-state index in [-0.39, 0.29) is 30.8 Å². The molecule has 0 saturated carbocycles. The molecule has 0 aliphatic carbocycles. The number of nitrogens with one attached hydrogen (secondary N) is 1. The maximum absolute atomic E-state index is 13.6. The second-order valence-electron chi connectivity index (χ2n) is 3.74. The van der Waals surface area contributed by atoms with Gasteiger partial charge in [0.2, 0.25) is 0 Å². The van der Waals surface area contributed by atoms with Crippen molar-refractivity contribution in [3.8, 4) is 6.07 Å². The minimum atomic E-state index is -4.34. The van der Waals surface area contributed by atoms with Gasteiger partial charge in [0.25, 0.3) is 0 Å². The minimum absolute atomic E-state index is 0.0624. The Morgan fingerprint density at radius 1 is 1.32 bits per heavy atom.